The third-order valence-corrected chi connectivity index (χ3v) is 6.25. The summed E-state index contributed by atoms with van der Waals surface area (Å²) in [5.74, 6) is 1.87. The van der Waals surface area contributed by atoms with Crippen LogP contribution in [0.25, 0.3) is 22.4 Å². The fourth-order valence-electron chi connectivity index (χ4n) is 3.06. The molecule has 4 heterocycles. The van der Waals surface area contributed by atoms with E-state index in [9.17, 15) is 8.42 Å². The van der Waals surface area contributed by atoms with Crippen molar-refractivity contribution in [3.8, 4) is 11.4 Å². The summed E-state index contributed by atoms with van der Waals surface area (Å²) < 4.78 is 25.0. The Morgan fingerprint density at radius 2 is 2.08 bits per heavy atom. The van der Waals surface area contributed by atoms with Gasteiger partial charge in [-0.2, -0.15) is 5.10 Å². The smallest absolute Gasteiger partial charge is 0.164 e. The Hall–Kier alpha value is -2.55. The van der Waals surface area contributed by atoms with Crippen LogP contribution >= 0.6 is 0 Å². The highest BCUT2D eigenvalue weighted by Crippen LogP contribution is 2.25. The van der Waals surface area contributed by atoms with Crippen LogP contribution in [0, 0.1) is 5.92 Å². The van der Waals surface area contributed by atoms with Crippen LogP contribution in [0.15, 0.2) is 30.7 Å². The van der Waals surface area contributed by atoms with Crippen LogP contribution in [0.3, 0.4) is 0 Å². The summed E-state index contributed by atoms with van der Waals surface area (Å²) in [5.41, 5.74) is 1.59. The molecule has 0 spiro atoms. The molecular formula is C16H18N6O2S. The Morgan fingerprint density at radius 1 is 1.28 bits per heavy atom. The second-order valence-electron chi connectivity index (χ2n) is 6.29. The number of hydrogen-bond acceptors (Lipinski definition) is 7. The van der Waals surface area contributed by atoms with Crippen molar-refractivity contribution < 1.29 is 8.42 Å². The lowest BCUT2D eigenvalue weighted by molar-refractivity contribution is 0.596. The minimum Gasteiger partial charge on any atom is -0.369 e. The topological polar surface area (TPSA) is 103 Å². The van der Waals surface area contributed by atoms with Gasteiger partial charge in [-0.15, -0.1) is 0 Å². The zero-order valence-corrected chi connectivity index (χ0v) is 14.6. The fraction of sp³-hybridized carbons (Fsp3) is 0.375. The molecule has 0 bridgehead atoms. The third kappa shape index (κ3) is 3.19. The molecule has 1 fully saturated rings. The number of hydrogen-bond donors (Lipinski definition) is 1. The maximum absolute atomic E-state index is 11.6. The molecule has 0 amide bonds. The van der Waals surface area contributed by atoms with Crippen LogP contribution in [0.1, 0.15) is 6.42 Å². The Labute approximate surface area is 145 Å². The van der Waals surface area contributed by atoms with Gasteiger partial charge in [-0.05, 0) is 24.5 Å². The fourth-order valence-corrected chi connectivity index (χ4v) is 4.92. The molecule has 1 saturated heterocycles. The van der Waals surface area contributed by atoms with E-state index in [1.54, 1.807) is 23.3 Å². The van der Waals surface area contributed by atoms with E-state index in [1.165, 1.54) is 0 Å². The van der Waals surface area contributed by atoms with Crippen molar-refractivity contribution in [1.82, 2.24) is 24.7 Å². The average molecular weight is 358 g/mol. The van der Waals surface area contributed by atoms with Gasteiger partial charge in [0.15, 0.2) is 21.3 Å². The molecule has 4 rings (SSSR count). The first-order valence-corrected chi connectivity index (χ1v) is 9.88. The highest BCUT2D eigenvalue weighted by Gasteiger charge is 2.27. The standard InChI is InChI=1S/C16H18N6O2S/c1-22-16-13(9-19-22)15(18-8-11-4-7-25(23,24)10-11)20-14(21-16)12-2-5-17-6-3-12/h2-3,5-6,9,11H,4,7-8,10H2,1H3,(H,18,20,21). The molecule has 0 radical (unpaired) electrons. The average Bonchev–Trinajstić information content (AvgIpc) is 3.16. The highest BCUT2D eigenvalue weighted by atomic mass is 32.2. The van der Waals surface area contributed by atoms with Gasteiger partial charge in [-0.3, -0.25) is 9.67 Å². The molecule has 1 N–H and O–H groups in total. The molecule has 9 heteroatoms. The van der Waals surface area contributed by atoms with Crippen molar-refractivity contribution in [1.29, 1.82) is 0 Å². The van der Waals surface area contributed by atoms with Gasteiger partial charge in [-0.1, -0.05) is 0 Å². The second-order valence-corrected chi connectivity index (χ2v) is 8.52. The van der Waals surface area contributed by atoms with Crippen molar-refractivity contribution in [2.24, 2.45) is 13.0 Å². The number of sulfone groups is 1. The molecule has 1 aliphatic rings. The first-order chi connectivity index (χ1) is 12.0. The molecule has 130 valence electrons. The number of fused-ring (bicyclic) bond motifs is 1. The summed E-state index contributed by atoms with van der Waals surface area (Å²) in [5, 5.41) is 8.39. The van der Waals surface area contributed by atoms with Gasteiger partial charge in [0.2, 0.25) is 0 Å². The molecule has 1 unspecified atom stereocenters. The van der Waals surface area contributed by atoms with Crippen molar-refractivity contribution in [3.63, 3.8) is 0 Å². The molecule has 1 atom stereocenters. The van der Waals surface area contributed by atoms with Gasteiger partial charge in [0.05, 0.1) is 23.1 Å². The van der Waals surface area contributed by atoms with Crippen LogP contribution in [-0.4, -0.2) is 51.2 Å². The van der Waals surface area contributed by atoms with Crippen molar-refractivity contribution in [2.75, 3.05) is 23.4 Å². The molecule has 0 aliphatic carbocycles. The first-order valence-electron chi connectivity index (χ1n) is 8.06. The molecule has 0 aromatic carbocycles. The summed E-state index contributed by atoms with van der Waals surface area (Å²) in [6.07, 6.45) is 5.80. The van der Waals surface area contributed by atoms with E-state index >= 15 is 0 Å². The van der Waals surface area contributed by atoms with E-state index in [-0.39, 0.29) is 17.4 Å². The Bertz CT molecular complexity index is 1020. The largest absolute Gasteiger partial charge is 0.369 e. The molecule has 1 aliphatic heterocycles. The lowest BCUT2D eigenvalue weighted by Gasteiger charge is -2.12. The monoisotopic (exact) mass is 358 g/mol. The van der Waals surface area contributed by atoms with Gasteiger partial charge in [0, 0.05) is 31.5 Å². The van der Waals surface area contributed by atoms with E-state index in [0.717, 1.165) is 16.6 Å². The van der Waals surface area contributed by atoms with Crippen molar-refractivity contribution >= 4 is 26.7 Å². The first kappa shape index (κ1) is 15.9. The van der Waals surface area contributed by atoms with Crippen LogP contribution in [0.4, 0.5) is 5.82 Å². The van der Waals surface area contributed by atoms with E-state index in [1.807, 2.05) is 19.2 Å². The summed E-state index contributed by atoms with van der Waals surface area (Å²) >= 11 is 0. The van der Waals surface area contributed by atoms with E-state index in [4.69, 9.17) is 0 Å². The van der Waals surface area contributed by atoms with Gasteiger partial charge in [0.1, 0.15) is 5.82 Å². The summed E-state index contributed by atoms with van der Waals surface area (Å²) in [6, 6.07) is 3.70. The minimum atomic E-state index is -2.89. The molecular weight excluding hydrogens is 340 g/mol. The summed E-state index contributed by atoms with van der Waals surface area (Å²) in [6.45, 7) is 0.565. The Kier molecular flexibility index (Phi) is 3.87. The van der Waals surface area contributed by atoms with Crippen LogP contribution < -0.4 is 5.32 Å². The minimum absolute atomic E-state index is 0.107. The number of pyridine rings is 1. The number of aromatic nitrogens is 5. The van der Waals surface area contributed by atoms with E-state index in [0.29, 0.717) is 24.6 Å². The molecule has 25 heavy (non-hydrogen) atoms. The summed E-state index contributed by atoms with van der Waals surface area (Å²) in [7, 11) is -1.05. The number of anilines is 1. The maximum Gasteiger partial charge on any atom is 0.164 e. The maximum atomic E-state index is 11.6. The van der Waals surface area contributed by atoms with Crippen LogP contribution in [-0.2, 0) is 16.9 Å². The highest BCUT2D eigenvalue weighted by molar-refractivity contribution is 7.91. The lowest BCUT2D eigenvalue weighted by Crippen LogP contribution is -2.16. The van der Waals surface area contributed by atoms with Crippen molar-refractivity contribution in [3.05, 3.63) is 30.7 Å². The molecule has 3 aromatic heterocycles. The van der Waals surface area contributed by atoms with Crippen LogP contribution in [0.2, 0.25) is 0 Å². The number of nitrogens with zero attached hydrogens (tertiary/aromatic N) is 5. The normalized spacial score (nSPS) is 19.3. The van der Waals surface area contributed by atoms with Gasteiger partial charge in [0.25, 0.3) is 0 Å². The molecule has 3 aromatic rings. The molecule has 0 saturated carbocycles. The predicted molar refractivity (Wildman–Crippen MR) is 94.8 cm³/mol. The Morgan fingerprint density at radius 3 is 2.80 bits per heavy atom. The molecule has 8 nitrogen and oxygen atoms in total. The van der Waals surface area contributed by atoms with E-state index in [2.05, 4.69) is 25.4 Å². The van der Waals surface area contributed by atoms with Crippen molar-refractivity contribution in [2.45, 2.75) is 6.42 Å². The SMILES string of the molecule is Cn1ncc2c(NCC3CCS(=O)(=O)C3)nc(-c3ccncc3)nc21. The van der Waals surface area contributed by atoms with Crippen LogP contribution in [0.5, 0.6) is 0 Å². The zero-order valence-electron chi connectivity index (χ0n) is 13.8. The van der Waals surface area contributed by atoms with E-state index < -0.39 is 9.84 Å². The predicted octanol–water partition coefficient (Wildman–Crippen LogP) is 1.27. The quantitative estimate of drug-likeness (QED) is 0.749. The summed E-state index contributed by atoms with van der Waals surface area (Å²) in [4.78, 5) is 13.2. The Balaban J connectivity index is 1.67. The zero-order chi connectivity index (χ0) is 17.4. The lowest BCUT2D eigenvalue weighted by atomic mass is 10.1. The number of nitrogens with one attached hydrogen (secondary N) is 1. The van der Waals surface area contributed by atoms with Gasteiger partial charge in [-0.25, -0.2) is 18.4 Å². The number of rotatable bonds is 4. The van der Waals surface area contributed by atoms with Gasteiger partial charge < -0.3 is 5.32 Å². The second kappa shape index (κ2) is 6.07. The number of aryl methyl sites for hydroxylation is 1. The third-order valence-electron chi connectivity index (χ3n) is 4.42. The van der Waals surface area contributed by atoms with Gasteiger partial charge >= 0.3 is 0 Å².